The molecule has 1 unspecified atom stereocenters. The minimum atomic E-state index is -0.403. The monoisotopic (exact) mass is 345 g/mol. The molecular formula is C13H13BrClNO3. The van der Waals surface area contributed by atoms with Crippen LogP contribution in [0.25, 0.3) is 0 Å². The van der Waals surface area contributed by atoms with Gasteiger partial charge in [-0.2, -0.15) is 0 Å². The summed E-state index contributed by atoms with van der Waals surface area (Å²) in [6, 6.07) is 3.59. The van der Waals surface area contributed by atoms with Gasteiger partial charge in [-0.25, -0.2) is 0 Å². The highest BCUT2D eigenvalue weighted by atomic mass is 79.9. The van der Waals surface area contributed by atoms with E-state index >= 15 is 0 Å². The van der Waals surface area contributed by atoms with E-state index in [1.165, 1.54) is 7.11 Å². The van der Waals surface area contributed by atoms with Crippen molar-refractivity contribution in [1.29, 1.82) is 0 Å². The van der Waals surface area contributed by atoms with Crippen molar-refractivity contribution >= 4 is 45.1 Å². The molecule has 0 spiro atoms. The van der Waals surface area contributed by atoms with Crippen molar-refractivity contribution < 1.29 is 14.3 Å². The van der Waals surface area contributed by atoms with Crippen molar-refractivity contribution in [3.05, 3.63) is 27.2 Å². The van der Waals surface area contributed by atoms with Crippen molar-refractivity contribution in [2.75, 3.05) is 18.6 Å². The number of methoxy groups -OCH3 is 1. The molecule has 102 valence electrons. The summed E-state index contributed by atoms with van der Waals surface area (Å²) in [6.45, 7) is 2.24. The average molecular weight is 347 g/mol. The van der Waals surface area contributed by atoms with Crippen LogP contribution in [-0.2, 0) is 14.3 Å². The second kappa shape index (κ2) is 5.51. The van der Waals surface area contributed by atoms with Gasteiger partial charge < -0.3 is 9.64 Å². The van der Waals surface area contributed by atoms with E-state index < -0.39 is 5.92 Å². The first-order chi connectivity index (χ1) is 8.93. The van der Waals surface area contributed by atoms with E-state index in [-0.39, 0.29) is 18.3 Å². The standard InChI is InChI=1S/C13H13BrClNO3/c1-7-3-9(14)10(15)5-11(7)16-6-8(4-12(16)17)13(18)19-2/h3,5,8H,4,6H2,1-2H3. The highest BCUT2D eigenvalue weighted by molar-refractivity contribution is 9.10. The van der Waals surface area contributed by atoms with Gasteiger partial charge in [-0.05, 0) is 40.5 Å². The number of amides is 1. The molecular weight excluding hydrogens is 334 g/mol. The summed E-state index contributed by atoms with van der Waals surface area (Å²) < 4.78 is 5.47. The van der Waals surface area contributed by atoms with Crippen molar-refractivity contribution in [1.82, 2.24) is 0 Å². The molecule has 0 saturated carbocycles. The van der Waals surface area contributed by atoms with Crippen LogP contribution >= 0.6 is 27.5 Å². The lowest BCUT2D eigenvalue weighted by Gasteiger charge is -2.19. The number of benzene rings is 1. The highest BCUT2D eigenvalue weighted by Crippen LogP contribution is 2.34. The van der Waals surface area contributed by atoms with E-state index in [1.54, 1.807) is 11.0 Å². The molecule has 0 N–H and O–H groups in total. The molecule has 6 heteroatoms. The molecule has 1 aromatic rings. The number of hydrogen-bond acceptors (Lipinski definition) is 3. The van der Waals surface area contributed by atoms with E-state index in [0.717, 1.165) is 15.7 Å². The Kier molecular flexibility index (Phi) is 4.16. The largest absolute Gasteiger partial charge is 0.469 e. The first-order valence-corrected chi connectivity index (χ1v) is 6.95. The average Bonchev–Trinajstić information content (AvgIpc) is 2.75. The first-order valence-electron chi connectivity index (χ1n) is 5.78. The van der Waals surface area contributed by atoms with Gasteiger partial charge in [0.1, 0.15) is 0 Å². The third kappa shape index (κ3) is 2.77. The van der Waals surface area contributed by atoms with Crippen molar-refractivity contribution in [3.63, 3.8) is 0 Å². The molecule has 0 bridgehead atoms. The zero-order chi connectivity index (χ0) is 14.2. The number of hydrogen-bond donors (Lipinski definition) is 0. The molecule has 1 aliphatic rings. The van der Waals surface area contributed by atoms with Crippen LogP contribution in [0.2, 0.25) is 5.02 Å². The van der Waals surface area contributed by atoms with Gasteiger partial charge >= 0.3 is 5.97 Å². The number of rotatable bonds is 2. The molecule has 0 radical (unpaired) electrons. The van der Waals surface area contributed by atoms with Crippen LogP contribution in [0.15, 0.2) is 16.6 Å². The molecule has 2 rings (SSSR count). The lowest BCUT2D eigenvalue weighted by atomic mass is 10.1. The molecule has 1 fully saturated rings. The van der Waals surface area contributed by atoms with Gasteiger partial charge in [0.05, 0.1) is 18.1 Å². The Morgan fingerprint density at radius 1 is 1.53 bits per heavy atom. The van der Waals surface area contributed by atoms with Crippen LogP contribution in [0.5, 0.6) is 0 Å². The van der Waals surface area contributed by atoms with Crippen LogP contribution < -0.4 is 4.90 Å². The van der Waals surface area contributed by atoms with Gasteiger partial charge in [-0.15, -0.1) is 0 Å². The first kappa shape index (κ1) is 14.3. The van der Waals surface area contributed by atoms with E-state index in [0.29, 0.717) is 11.6 Å². The molecule has 1 heterocycles. The van der Waals surface area contributed by atoms with Gasteiger partial charge in [-0.3, -0.25) is 9.59 Å². The molecule has 1 aromatic carbocycles. The molecule has 0 aromatic heterocycles. The summed E-state index contributed by atoms with van der Waals surface area (Å²) >= 11 is 9.40. The van der Waals surface area contributed by atoms with Crippen molar-refractivity contribution in [3.8, 4) is 0 Å². The number of ether oxygens (including phenoxy) is 1. The Balaban J connectivity index is 2.30. The smallest absolute Gasteiger partial charge is 0.311 e. The zero-order valence-electron chi connectivity index (χ0n) is 10.6. The lowest BCUT2D eigenvalue weighted by Crippen LogP contribution is -2.26. The number of carbonyl (C=O) groups is 2. The fourth-order valence-corrected chi connectivity index (χ4v) is 2.81. The Hall–Kier alpha value is -1.07. The lowest BCUT2D eigenvalue weighted by molar-refractivity contribution is -0.145. The molecule has 1 saturated heterocycles. The third-order valence-corrected chi connectivity index (χ3v) is 4.39. The zero-order valence-corrected chi connectivity index (χ0v) is 12.9. The fraction of sp³-hybridized carbons (Fsp3) is 0.385. The van der Waals surface area contributed by atoms with Crippen LogP contribution in [0.3, 0.4) is 0 Å². The van der Waals surface area contributed by atoms with Gasteiger partial charge in [0.2, 0.25) is 5.91 Å². The number of aryl methyl sites for hydroxylation is 1. The van der Waals surface area contributed by atoms with Crippen LogP contribution in [0.4, 0.5) is 5.69 Å². The third-order valence-electron chi connectivity index (χ3n) is 3.19. The van der Waals surface area contributed by atoms with E-state index in [9.17, 15) is 9.59 Å². The van der Waals surface area contributed by atoms with Crippen LogP contribution in [-0.4, -0.2) is 25.5 Å². The van der Waals surface area contributed by atoms with Gasteiger partial charge in [-0.1, -0.05) is 11.6 Å². The maximum atomic E-state index is 12.0. The fourth-order valence-electron chi connectivity index (χ4n) is 2.19. The number of esters is 1. The minimum absolute atomic E-state index is 0.0862. The van der Waals surface area contributed by atoms with E-state index in [1.807, 2.05) is 13.0 Å². The summed E-state index contributed by atoms with van der Waals surface area (Å²) in [6.07, 6.45) is 0.180. The Morgan fingerprint density at radius 3 is 2.84 bits per heavy atom. The highest BCUT2D eigenvalue weighted by Gasteiger charge is 2.36. The second-order valence-corrected chi connectivity index (χ2v) is 5.74. The summed E-state index contributed by atoms with van der Waals surface area (Å²) in [7, 11) is 1.33. The molecule has 19 heavy (non-hydrogen) atoms. The van der Waals surface area contributed by atoms with Gasteiger partial charge in [0.15, 0.2) is 0 Å². The quantitative estimate of drug-likeness (QED) is 0.774. The van der Waals surface area contributed by atoms with Crippen LogP contribution in [0, 0.1) is 12.8 Å². The van der Waals surface area contributed by atoms with Crippen molar-refractivity contribution in [2.45, 2.75) is 13.3 Å². The summed E-state index contributed by atoms with van der Waals surface area (Å²) in [5.41, 5.74) is 1.67. The van der Waals surface area contributed by atoms with Gasteiger partial charge in [0.25, 0.3) is 0 Å². The molecule has 4 nitrogen and oxygen atoms in total. The van der Waals surface area contributed by atoms with Crippen LogP contribution in [0.1, 0.15) is 12.0 Å². The molecule has 1 atom stereocenters. The van der Waals surface area contributed by atoms with Gasteiger partial charge in [0, 0.05) is 23.1 Å². The van der Waals surface area contributed by atoms with E-state index in [2.05, 4.69) is 20.7 Å². The van der Waals surface area contributed by atoms with Crippen molar-refractivity contribution in [2.24, 2.45) is 5.92 Å². The SMILES string of the molecule is COC(=O)C1CC(=O)N(c2cc(Cl)c(Br)cc2C)C1. The topological polar surface area (TPSA) is 46.6 Å². The van der Waals surface area contributed by atoms with E-state index in [4.69, 9.17) is 11.6 Å². The summed E-state index contributed by atoms with van der Waals surface area (Å²) in [5, 5.41) is 0.537. The number of carbonyl (C=O) groups excluding carboxylic acids is 2. The predicted octanol–water partition coefficient (Wildman–Crippen LogP) is 2.94. The number of halogens is 2. The molecule has 1 aliphatic heterocycles. The number of anilines is 1. The second-order valence-electron chi connectivity index (χ2n) is 4.48. The Morgan fingerprint density at radius 2 is 2.21 bits per heavy atom. The normalized spacial score (nSPS) is 18.8. The Labute approximate surface area is 124 Å². The maximum absolute atomic E-state index is 12.0. The predicted molar refractivity (Wildman–Crippen MR) is 76.4 cm³/mol. The summed E-state index contributed by atoms with van der Waals surface area (Å²) in [5.74, 6) is -0.840. The number of nitrogens with zero attached hydrogens (tertiary/aromatic N) is 1. The summed E-state index contributed by atoms with van der Waals surface area (Å²) in [4.78, 5) is 25.1. The molecule has 0 aliphatic carbocycles. The minimum Gasteiger partial charge on any atom is -0.469 e. The Bertz CT molecular complexity index is 547. The molecule has 1 amide bonds. The maximum Gasteiger partial charge on any atom is 0.311 e.